The number of furan rings is 1. The van der Waals surface area contributed by atoms with Crippen LogP contribution in [0.25, 0.3) is 0 Å². The summed E-state index contributed by atoms with van der Waals surface area (Å²) in [5, 5.41) is 8.35. The molecule has 1 unspecified atom stereocenters. The summed E-state index contributed by atoms with van der Waals surface area (Å²) < 4.78 is 49.5. The van der Waals surface area contributed by atoms with Crippen LogP contribution in [-0.2, 0) is 45.1 Å². The number of carbonyl (C=O) groups is 5. The lowest BCUT2D eigenvalue weighted by Gasteiger charge is -2.38. The molecule has 3 N–H and O–H groups in total. The first-order valence-electron chi connectivity index (χ1n) is 15.7. The Balaban J connectivity index is 1.41. The number of benzene rings is 2. The van der Waals surface area contributed by atoms with Gasteiger partial charge in [0.1, 0.15) is 17.3 Å². The summed E-state index contributed by atoms with van der Waals surface area (Å²) in [6.45, 7) is 5.17. The summed E-state index contributed by atoms with van der Waals surface area (Å²) in [6, 6.07) is 10.9. The van der Waals surface area contributed by atoms with Crippen LogP contribution in [0.2, 0.25) is 10.0 Å². The molecule has 0 aliphatic carbocycles. The number of nitrogens with two attached hydrogens (primary N) is 1. The molecule has 0 bridgehead atoms. The lowest BCUT2D eigenvalue weighted by atomic mass is 9.98. The third-order valence-corrected chi connectivity index (χ3v) is 8.79. The number of halogens is 2. The summed E-state index contributed by atoms with van der Waals surface area (Å²) in [5.74, 6) is -3.04. The van der Waals surface area contributed by atoms with Crippen LogP contribution in [0.3, 0.4) is 0 Å². The average molecular weight is 785 g/mol. The number of nitrogens with zero attached hydrogens (tertiary/aromatic N) is 1. The summed E-state index contributed by atoms with van der Waals surface area (Å²) >= 11 is 12.1. The Kier molecular flexibility index (Phi) is 15.2. The number of hydrogen-bond acceptors (Lipinski definition) is 13. The second-order valence-corrected chi connectivity index (χ2v) is 14.5. The molecule has 18 heteroatoms. The highest BCUT2D eigenvalue weighted by molar-refractivity contribution is 7.89. The number of sulfonamides is 1. The second-order valence-electron chi connectivity index (χ2n) is 12.2. The smallest absolute Gasteiger partial charge is 0.413 e. The fourth-order valence-corrected chi connectivity index (χ4v) is 6.04. The van der Waals surface area contributed by atoms with E-state index < -0.39 is 63.7 Å². The molecular formula is C34H39Cl2N3O12S. The monoisotopic (exact) mass is 783 g/mol. The van der Waals surface area contributed by atoms with Gasteiger partial charge < -0.3 is 28.7 Å². The van der Waals surface area contributed by atoms with Gasteiger partial charge in [0.25, 0.3) is 5.78 Å². The second kappa shape index (κ2) is 18.8. The van der Waals surface area contributed by atoms with Gasteiger partial charge in [0.15, 0.2) is 5.78 Å². The van der Waals surface area contributed by atoms with Crippen LogP contribution in [0.15, 0.2) is 64.1 Å². The number of Topliss-reactive ketones (excluding diaryl/α,β-unsaturated/α-hetero) is 2. The Bertz CT molecular complexity index is 1860. The van der Waals surface area contributed by atoms with E-state index in [0.29, 0.717) is 22.8 Å². The number of ether oxygens (including phenoxy) is 4. The minimum atomic E-state index is -4.25. The van der Waals surface area contributed by atoms with Crippen molar-refractivity contribution in [2.24, 2.45) is 5.14 Å². The van der Waals surface area contributed by atoms with Gasteiger partial charge in [0.2, 0.25) is 16.8 Å². The van der Waals surface area contributed by atoms with Crippen LogP contribution in [0.1, 0.15) is 67.0 Å². The molecule has 0 spiro atoms. The molecule has 0 radical (unpaired) electrons. The van der Waals surface area contributed by atoms with Crippen molar-refractivity contribution >= 4 is 68.5 Å². The molecule has 3 rings (SSSR count). The van der Waals surface area contributed by atoms with Crippen molar-refractivity contribution in [3.63, 3.8) is 0 Å². The minimum absolute atomic E-state index is 0.0110. The quantitative estimate of drug-likeness (QED) is 0.0546. The number of carbonyl (C=O) groups excluding carboxylic acids is 5. The number of unbranched alkanes of at least 4 members (excludes halogenated alkanes) is 1. The van der Waals surface area contributed by atoms with Gasteiger partial charge in [-0.25, -0.2) is 27.9 Å². The Hall–Kier alpha value is -4.48. The van der Waals surface area contributed by atoms with E-state index in [0.717, 1.165) is 6.07 Å². The van der Waals surface area contributed by atoms with Crippen molar-refractivity contribution in [1.29, 1.82) is 0 Å². The molecular weight excluding hydrogens is 745 g/mol. The van der Waals surface area contributed by atoms with Crippen molar-refractivity contribution in [3.05, 3.63) is 81.7 Å². The largest absolute Gasteiger partial charge is 0.467 e. The van der Waals surface area contributed by atoms with Crippen molar-refractivity contribution in [3.8, 4) is 0 Å². The molecule has 1 aromatic heterocycles. The van der Waals surface area contributed by atoms with Gasteiger partial charge in [0, 0.05) is 22.7 Å². The Morgan fingerprint density at radius 2 is 1.67 bits per heavy atom. The lowest BCUT2D eigenvalue weighted by molar-refractivity contribution is -0.162. The third kappa shape index (κ3) is 12.3. The van der Waals surface area contributed by atoms with Crippen LogP contribution >= 0.6 is 23.2 Å². The molecule has 0 saturated carbocycles. The van der Waals surface area contributed by atoms with E-state index in [9.17, 15) is 32.4 Å². The number of primary sulfonamides is 1. The van der Waals surface area contributed by atoms with E-state index >= 15 is 0 Å². The number of nitrogens with one attached hydrogen (secondary N) is 1. The fraction of sp³-hybridized carbons (Fsp3) is 0.382. The van der Waals surface area contributed by atoms with Gasteiger partial charge in [-0.15, -0.1) is 0 Å². The molecule has 282 valence electrons. The number of rotatable bonds is 18. The third-order valence-electron chi connectivity index (χ3n) is 7.18. The number of esters is 2. The molecule has 1 heterocycles. The van der Waals surface area contributed by atoms with Crippen LogP contribution in [0.4, 0.5) is 10.5 Å². The number of hydrogen-bond donors (Lipinski definition) is 2. The highest BCUT2D eigenvalue weighted by Crippen LogP contribution is 2.29. The van der Waals surface area contributed by atoms with Crippen molar-refractivity contribution in [1.82, 2.24) is 4.90 Å². The molecule has 2 aromatic carbocycles. The number of amides is 1. The van der Waals surface area contributed by atoms with Crippen LogP contribution in [-0.4, -0.2) is 81.1 Å². The summed E-state index contributed by atoms with van der Waals surface area (Å²) in [5.41, 5.74) is -0.516. The zero-order chi connectivity index (χ0) is 38.6. The predicted molar refractivity (Wildman–Crippen MR) is 188 cm³/mol. The fourth-order valence-electron chi connectivity index (χ4n) is 4.75. The highest BCUT2D eigenvalue weighted by atomic mass is 35.5. The van der Waals surface area contributed by atoms with Crippen molar-refractivity contribution < 1.29 is 55.8 Å². The molecule has 1 amide bonds. The summed E-state index contributed by atoms with van der Waals surface area (Å²) in [4.78, 5) is 63.9. The van der Waals surface area contributed by atoms with E-state index in [2.05, 4.69) is 5.32 Å². The zero-order valence-electron chi connectivity index (χ0n) is 28.8. The maximum Gasteiger partial charge on any atom is 0.413 e. The first-order valence-corrected chi connectivity index (χ1v) is 18.0. The van der Waals surface area contributed by atoms with Crippen molar-refractivity contribution in [2.45, 2.75) is 63.6 Å². The van der Waals surface area contributed by atoms with E-state index in [4.69, 9.17) is 51.7 Å². The molecule has 0 fully saturated rings. The van der Waals surface area contributed by atoms with Gasteiger partial charge >= 0.3 is 18.0 Å². The Morgan fingerprint density at radius 1 is 0.962 bits per heavy atom. The average Bonchev–Trinajstić information content (AvgIpc) is 3.59. The minimum Gasteiger partial charge on any atom is -0.467 e. The maximum absolute atomic E-state index is 13.0. The normalized spacial score (nSPS) is 12.1. The van der Waals surface area contributed by atoms with Gasteiger partial charge in [-0.3, -0.25) is 14.5 Å². The first-order chi connectivity index (χ1) is 24.4. The molecule has 52 heavy (non-hydrogen) atoms. The summed E-state index contributed by atoms with van der Waals surface area (Å²) in [7, 11) is -4.25. The van der Waals surface area contributed by atoms with Gasteiger partial charge in [-0.2, -0.15) is 0 Å². The predicted octanol–water partition coefficient (Wildman–Crippen LogP) is 5.38. The van der Waals surface area contributed by atoms with Crippen LogP contribution in [0, 0.1) is 0 Å². The van der Waals surface area contributed by atoms with E-state index in [1.807, 2.05) is 0 Å². The lowest BCUT2D eigenvalue weighted by Crippen LogP contribution is -2.53. The maximum atomic E-state index is 13.0. The number of ketones is 2. The van der Waals surface area contributed by atoms with E-state index in [-0.39, 0.29) is 48.2 Å². The van der Waals surface area contributed by atoms with E-state index in [1.54, 1.807) is 51.1 Å². The van der Waals surface area contributed by atoms with Gasteiger partial charge in [-0.05, 0) is 76.9 Å². The van der Waals surface area contributed by atoms with Gasteiger partial charge in [0.05, 0.1) is 41.7 Å². The van der Waals surface area contributed by atoms with Crippen molar-refractivity contribution in [2.75, 3.05) is 31.9 Å². The SMILES string of the molecule is CC(C(=O)c1cccc(Cl)c1)N(C(=O)OCOC(=O)C(=O)COCCCCOC(=O)c1cc(S(N)(=O)=O)c(Cl)cc1NCc1ccco1)C(C)(C)C. The van der Waals surface area contributed by atoms with Crippen LogP contribution < -0.4 is 10.5 Å². The highest BCUT2D eigenvalue weighted by Gasteiger charge is 2.36. The zero-order valence-corrected chi connectivity index (χ0v) is 31.1. The molecule has 0 aliphatic rings. The summed E-state index contributed by atoms with van der Waals surface area (Å²) in [6.07, 6.45) is 1.12. The van der Waals surface area contributed by atoms with Crippen LogP contribution in [0.5, 0.6) is 0 Å². The Morgan fingerprint density at radius 3 is 2.31 bits per heavy atom. The molecule has 1 atom stereocenters. The molecule has 0 aliphatic heterocycles. The topological polar surface area (TPSA) is 211 Å². The molecule has 15 nitrogen and oxygen atoms in total. The standard InChI is InChI=1S/C34H39Cl2N3O12S/c1-21(30(41)22-9-7-10-23(35)15-22)39(34(2,3)4)33(44)51-20-50-32(43)28(40)19-47-12-5-6-13-49-31(42)25-16-29(52(37,45)46)26(36)17-27(25)38-18-24-11-8-14-48-24/h7-11,14-17,21,38H,5-6,12-13,18-20H2,1-4H3,(H2,37,45,46). The number of anilines is 1. The Labute approximate surface area is 310 Å². The first kappa shape index (κ1) is 41.9. The van der Waals surface area contributed by atoms with E-state index in [1.165, 1.54) is 30.2 Å². The van der Waals surface area contributed by atoms with Gasteiger partial charge in [-0.1, -0.05) is 35.3 Å². The molecule has 0 saturated heterocycles. The molecule has 3 aromatic rings.